The Morgan fingerprint density at radius 3 is 2.63 bits per heavy atom. The third-order valence-electron chi connectivity index (χ3n) is 5.14. The number of carbonyl (C=O) groups is 2. The maximum absolute atomic E-state index is 14.4. The fourth-order valence-electron chi connectivity index (χ4n) is 3.50. The van der Waals surface area contributed by atoms with E-state index in [2.05, 4.69) is 41.2 Å². The number of amides is 2. The molecule has 3 aromatic rings. The molecule has 0 aliphatic rings. The van der Waals surface area contributed by atoms with Crippen molar-refractivity contribution >= 4 is 23.8 Å². The molecular formula is C25H34FN9O3. The normalized spacial score (nSPS) is 12.8. The van der Waals surface area contributed by atoms with Gasteiger partial charge in [-0.2, -0.15) is 14.6 Å². The van der Waals surface area contributed by atoms with E-state index < -0.39 is 29.5 Å². The molecule has 0 saturated heterocycles. The first kappa shape index (κ1) is 28.3. The highest BCUT2D eigenvalue weighted by Gasteiger charge is 2.22. The molecule has 0 aromatic carbocycles. The summed E-state index contributed by atoms with van der Waals surface area (Å²) in [6.45, 7) is 9.28. The Morgan fingerprint density at radius 1 is 1.21 bits per heavy atom. The fraction of sp³-hybridized carbons (Fsp3) is 0.440. The average Bonchev–Trinajstić information content (AvgIpc) is 3.22. The van der Waals surface area contributed by atoms with E-state index >= 15 is 0 Å². The zero-order chi connectivity index (χ0) is 27.9. The second-order valence-corrected chi connectivity index (χ2v) is 10.1. The second-order valence-electron chi connectivity index (χ2n) is 10.1. The average molecular weight is 528 g/mol. The molecule has 38 heavy (non-hydrogen) atoms. The molecule has 0 saturated carbocycles. The summed E-state index contributed by atoms with van der Waals surface area (Å²) < 4.78 is 21.3. The number of aromatic amines is 1. The monoisotopic (exact) mass is 527 g/mol. The van der Waals surface area contributed by atoms with Crippen LogP contribution in [-0.4, -0.2) is 48.9 Å². The number of nitrogens with one attached hydrogen (secondary N) is 4. The fourth-order valence-corrected chi connectivity index (χ4v) is 3.50. The van der Waals surface area contributed by atoms with Crippen LogP contribution in [0.25, 0.3) is 11.3 Å². The van der Waals surface area contributed by atoms with Crippen LogP contribution in [0, 0.1) is 17.8 Å². The predicted octanol–water partition coefficient (Wildman–Crippen LogP) is 3.21. The minimum absolute atomic E-state index is 0.0694. The summed E-state index contributed by atoms with van der Waals surface area (Å²) in [6.07, 6.45) is 3.07. The number of aryl methyl sites for hydroxylation is 1. The third kappa shape index (κ3) is 8.68. The van der Waals surface area contributed by atoms with Crippen LogP contribution in [0.2, 0.25) is 0 Å². The summed E-state index contributed by atoms with van der Waals surface area (Å²) in [5, 5.41) is 13.8. The van der Waals surface area contributed by atoms with Crippen molar-refractivity contribution < 1.29 is 18.7 Å². The van der Waals surface area contributed by atoms with E-state index in [4.69, 9.17) is 4.74 Å². The topological polar surface area (TPSA) is 151 Å². The Hall–Kier alpha value is -4.29. The zero-order valence-corrected chi connectivity index (χ0v) is 22.4. The highest BCUT2D eigenvalue weighted by molar-refractivity contribution is 5.79. The molecule has 3 heterocycles. The van der Waals surface area contributed by atoms with Crippen molar-refractivity contribution in [3.8, 4) is 11.3 Å². The Kier molecular flexibility index (Phi) is 9.16. The van der Waals surface area contributed by atoms with Gasteiger partial charge in [0.2, 0.25) is 11.9 Å². The number of hydrogen-bond acceptors (Lipinski definition) is 8. The van der Waals surface area contributed by atoms with E-state index in [9.17, 15) is 14.0 Å². The number of H-pyrrole nitrogens is 1. The molecule has 0 aliphatic heterocycles. The number of ether oxygens (including phenoxy) is 1. The number of halogens is 1. The Labute approximate surface area is 220 Å². The first-order valence-electron chi connectivity index (χ1n) is 12.2. The molecule has 3 rings (SSSR count). The van der Waals surface area contributed by atoms with Gasteiger partial charge < -0.3 is 20.4 Å². The summed E-state index contributed by atoms with van der Waals surface area (Å²) in [5.74, 6) is -0.475. The maximum atomic E-state index is 14.4. The Bertz CT molecular complexity index is 1330. The smallest absolute Gasteiger partial charge is 0.407 e. The van der Waals surface area contributed by atoms with Gasteiger partial charge in [0, 0.05) is 37.5 Å². The molecule has 4 N–H and O–H groups in total. The van der Waals surface area contributed by atoms with Crippen molar-refractivity contribution in [1.82, 2.24) is 35.5 Å². The van der Waals surface area contributed by atoms with Crippen LogP contribution in [-0.2, 0) is 16.6 Å². The number of rotatable bonds is 9. The van der Waals surface area contributed by atoms with Gasteiger partial charge in [-0.15, -0.1) is 0 Å². The van der Waals surface area contributed by atoms with E-state index in [0.717, 1.165) is 0 Å². The van der Waals surface area contributed by atoms with Gasteiger partial charge in [-0.25, -0.2) is 20.2 Å². The number of anilines is 2. The van der Waals surface area contributed by atoms with Crippen LogP contribution in [0.15, 0.2) is 41.8 Å². The molecular weight excluding hydrogens is 493 g/mol. The van der Waals surface area contributed by atoms with E-state index in [1.165, 1.54) is 6.07 Å². The molecule has 204 valence electrons. The number of aromatic nitrogens is 5. The molecule has 12 nitrogen and oxygen atoms in total. The molecule has 2 amide bonds. The van der Waals surface area contributed by atoms with Crippen LogP contribution in [0.5, 0.6) is 0 Å². The van der Waals surface area contributed by atoms with E-state index in [0.29, 0.717) is 29.4 Å². The lowest BCUT2D eigenvalue weighted by molar-refractivity contribution is -0.125. The Balaban J connectivity index is 1.75. The van der Waals surface area contributed by atoms with Gasteiger partial charge in [0.25, 0.3) is 0 Å². The van der Waals surface area contributed by atoms with Crippen molar-refractivity contribution in [1.29, 1.82) is 0 Å². The zero-order valence-electron chi connectivity index (χ0n) is 22.4. The molecule has 1 atom stereocenters. The van der Waals surface area contributed by atoms with Crippen molar-refractivity contribution in [2.24, 2.45) is 24.0 Å². The van der Waals surface area contributed by atoms with Crippen LogP contribution < -0.4 is 21.5 Å². The van der Waals surface area contributed by atoms with Crippen LogP contribution >= 0.6 is 0 Å². The van der Waals surface area contributed by atoms with Gasteiger partial charge in [0.1, 0.15) is 11.4 Å². The first-order valence-corrected chi connectivity index (χ1v) is 12.2. The maximum Gasteiger partial charge on any atom is 0.407 e. The predicted molar refractivity (Wildman–Crippen MR) is 139 cm³/mol. The van der Waals surface area contributed by atoms with Gasteiger partial charge in [-0.05, 0) is 45.2 Å². The van der Waals surface area contributed by atoms with Crippen molar-refractivity contribution in [2.75, 3.05) is 11.9 Å². The van der Waals surface area contributed by atoms with Gasteiger partial charge in [0.15, 0.2) is 11.4 Å². The molecule has 0 bridgehead atoms. The lowest BCUT2D eigenvalue weighted by atomic mass is 9.96. The standard InChI is InChI=1S/C25H34FN9O3/c1-15(2)11-17(14-28-24(37)38-25(3,4)5)22(36)34-33-20-13-16(12-19(26)31-20)18-7-9-27-23(30-18)32-21-8-10-29-35(21)6/h7-10,12-13,15,17H,11,14H2,1-6H3,(H,28,37)(H,31,33)(H,34,36)(H,27,30,32). The second kappa shape index (κ2) is 12.3. The molecule has 1 unspecified atom stereocenters. The van der Waals surface area contributed by atoms with Crippen molar-refractivity contribution in [2.45, 2.75) is 46.6 Å². The van der Waals surface area contributed by atoms with Crippen LogP contribution in [0.1, 0.15) is 41.0 Å². The largest absolute Gasteiger partial charge is 0.444 e. The number of hydrogen-bond donors (Lipinski definition) is 4. The highest BCUT2D eigenvalue weighted by Crippen LogP contribution is 2.18. The van der Waals surface area contributed by atoms with E-state index in [1.54, 1.807) is 63.1 Å². The quantitative estimate of drug-likeness (QED) is 0.246. The van der Waals surface area contributed by atoms with Gasteiger partial charge in [-0.1, -0.05) is 13.8 Å². The number of nitrogens with zero attached hydrogens (tertiary/aromatic N) is 5. The highest BCUT2D eigenvalue weighted by atomic mass is 19.1. The van der Waals surface area contributed by atoms with Gasteiger partial charge in [0.05, 0.1) is 17.8 Å². The van der Waals surface area contributed by atoms with Gasteiger partial charge >= 0.3 is 6.09 Å². The number of pyridine rings is 1. The lowest BCUT2D eigenvalue weighted by Crippen LogP contribution is -2.40. The minimum Gasteiger partial charge on any atom is -0.444 e. The van der Waals surface area contributed by atoms with Crippen molar-refractivity contribution in [3.05, 3.63) is 48.1 Å². The van der Waals surface area contributed by atoms with Crippen molar-refractivity contribution in [3.63, 3.8) is 0 Å². The summed E-state index contributed by atoms with van der Waals surface area (Å²) in [6, 6.07) is 6.22. The lowest BCUT2D eigenvalue weighted by Gasteiger charge is -2.22. The molecule has 0 fully saturated rings. The minimum atomic E-state index is -0.666. The Morgan fingerprint density at radius 2 is 1.97 bits per heavy atom. The van der Waals surface area contributed by atoms with Gasteiger partial charge in [-0.3, -0.25) is 9.48 Å². The molecule has 0 spiro atoms. The molecule has 3 aromatic heterocycles. The SMILES string of the molecule is CC(C)CC(CNC(=O)OC(C)(C)C)C(=O)NN=c1cc(-c2ccnc(Nc3ccnn3C)n2)cc(F)[nH]1. The van der Waals surface area contributed by atoms with E-state index in [-0.39, 0.29) is 18.0 Å². The number of alkyl carbamates (subject to hydrolysis) is 1. The number of carbonyl (C=O) groups excluding carboxylic acids is 2. The summed E-state index contributed by atoms with van der Waals surface area (Å²) in [5.41, 5.74) is 2.77. The molecule has 13 heteroatoms. The summed E-state index contributed by atoms with van der Waals surface area (Å²) in [7, 11) is 1.77. The van der Waals surface area contributed by atoms with Crippen LogP contribution in [0.3, 0.4) is 0 Å². The molecule has 0 radical (unpaired) electrons. The molecule has 0 aliphatic carbocycles. The van der Waals surface area contributed by atoms with E-state index in [1.807, 2.05) is 13.8 Å². The first-order chi connectivity index (χ1) is 17.9. The van der Waals surface area contributed by atoms with Crippen LogP contribution in [0.4, 0.5) is 21.0 Å². The summed E-state index contributed by atoms with van der Waals surface area (Å²) >= 11 is 0. The third-order valence-corrected chi connectivity index (χ3v) is 5.14. The summed E-state index contributed by atoms with van der Waals surface area (Å²) in [4.78, 5) is 36.0.